The number of rotatable bonds is 5. The van der Waals surface area contributed by atoms with E-state index >= 15 is 0 Å². The average molecular weight is 269 g/mol. The molecule has 0 saturated heterocycles. The Kier molecular flexibility index (Phi) is 4.72. The van der Waals surface area contributed by atoms with Crippen molar-refractivity contribution in [3.8, 4) is 0 Å². The molecule has 0 radical (unpaired) electrons. The zero-order valence-electron chi connectivity index (χ0n) is 11.2. The van der Waals surface area contributed by atoms with Crippen LogP contribution >= 0.6 is 11.3 Å². The molecule has 5 heteroatoms. The Bertz CT molecular complexity index is 374. The summed E-state index contributed by atoms with van der Waals surface area (Å²) < 4.78 is 5.85. The van der Waals surface area contributed by atoms with E-state index in [9.17, 15) is 0 Å². The summed E-state index contributed by atoms with van der Waals surface area (Å²) in [7, 11) is 1.81. The first-order valence-electron chi connectivity index (χ1n) is 6.62. The molecule has 1 aromatic rings. The number of thiazole rings is 1. The van der Waals surface area contributed by atoms with Crippen LogP contribution in [0.25, 0.3) is 0 Å². The SMILES string of the molecule is COC1(C(Cc2nc(C)cs2)NN)CCCCC1. The first-order valence-corrected chi connectivity index (χ1v) is 7.50. The predicted octanol–water partition coefficient (Wildman–Crippen LogP) is 2.18. The van der Waals surface area contributed by atoms with Crippen LogP contribution in [0.4, 0.5) is 0 Å². The fraction of sp³-hybridized carbons (Fsp3) is 0.769. The number of ether oxygens (including phenoxy) is 1. The van der Waals surface area contributed by atoms with Crippen molar-refractivity contribution in [2.24, 2.45) is 5.84 Å². The summed E-state index contributed by atoms with van der Waals surface area (Å²) in [6, 6.07) is 0.147. The summed E-state index contributed by atoms with van der Waals surface area (Å²) in [6.45, 7) is 2.03. The number of aromatic nitrogens is 1. The van der Waals surface area contributed by atoms with E-state index in [0.29, 0.717) is 0 Å². The maximum absolute atomic E-state index is 5.85. The monoisotopic (exact) mass is 269 g/mol. The van der Waals surface area contributed by atoms with Crippen LogP contribution < -0.4 is 11.3 Å². The molecule has 1 aliphatic carbocycles. The van der Waals surface area contributed by atoms with Gasteiger partial charge in [-0.1, -0.05) is 19.3 Å². The van der Waals surface area contributed by atoms with Gasteiger partial charge in [0.05, 0.1) is 16.7 Å². The van der Waals surface area contributed by atoms with Crippen molar-refractivity contribution in [1.82, 2.24) is 10.4 Å². The van der Waals surface area contributed by atoms with Crippen LogP contribution in [0.1, 0.15) is 42.8 Å². The Morgan fingerprint density at radius 3 is 2.72 bits per heavy atom. The van der Waals surface area contributed by atoms with Crippen molar-refractivity contribution in [2.75, 3.05) is 7.11 Å². The molecule has 1 aromatic heterocycles. The van der Waals surface area contributed by atoms with Crippen molar-refractivity contribution in [2.45, 2.75) is 57.1 Å². The van der Waals surface area contributed by atoms with Gasteiger partial charge in [0.15, 0.2) is 0 Å². The fourth-order valence-electron chi connectivity index (χ4n) is 2.91. The molecule has 102 valence electrons. The molecule has 2 rings (SSSR count). The van der Waals surface area contributed by atoms with Gasteiger partial charge in [-0.15, -0.1) is 11.3 Å². The van der Waals surface area contributed by atoms with Gasteiger partial charge in [-0.3, -0.25) is 11.3 Å². The Hall–Kier alpha value is -0.490. The number of nitrogens with one attached hydrogen (secondary N) is 1. The number of nitrogens with two attached hydrogens (primary N) is 1. The van der Waals surface area contributed by atoms with Crippen LogP contribution in [-0.4, -0.2) is 23.7 Å². The molecule has 1 aliphatic rings. The third-order valence-corrected chi connectivity index (χ3v) is 4.98. The Labute approximate surface area is 113 Å². The van der Waals surface area contributed by atoms with Gasteiger partial charge in [-0.05, 0) is 19.8 Å². The molecule has 1 atom stereocenters. The van der Waals surface area contributed by atoms with Gasteiger partial charge in [-0.2, -0.15) is 0 Å². The largest absolute Gasteiger partial charge is 0.377 e. The molecular weight excluding hydrogens is 246 g/mol. The molecule has 0 aliphatic heterocycles. The lowest BCUT2D eigenvalue weighted by atomic mass is 9.78. The minimum Gasteiger partial charge on any atom is -0.377 e. The van der Waals surface area contributed by atoms with Crippen molar-refractivity contribution in [3.63, 3.8) is 0 Å². The highest BCUT2D eigenvalue weighted by Crippen LogP contribution is 2.35. The molecule has 4 nitrogen and oxygen atoms in total. The highest BCUT2D eigenvalue weighted by Gasteiger charge is 2.39. The molecule has 1 heterocycles. The lowest BCUT2D eigenvalue weighted by molar-refractivity contribution is -0.0673. The van der Waals surface area contributed by atoms with Crippen LogP contribution in [0.15, 0.2) is 5.38 Å². The van der Waals surface area contributed by atoms with E-state index in [2.05, 4.69) is 15.8 Å². The number of hydrazine groups is 1. The molecule has 3 N–H and O–H groups in total. The number of hydrogen-bond donors (Lipinski definition) is 2. The zero-order valence-corrected chi connectivity index (χ0v) is 12.1. The first kappa shape index (κ1) is 13.9. The lowest BCUT2D eigenvalue weighted by Gasteiger charge is -2.42. The van der Waals surface area contributed by atoms with E-state index in [4.69, 9.17) is 10.6 Å². The van der Waals surface area contributed by atoms with Crippen LogP contribution in [0.3, 0.4) is 0 Å². The van der Waals surface area contributed by atoms with E-state index in [1.807, 2.05) is 14.0 Å². The number of aryl methyl sites for hydroxylation is 1. The molecule has 0 amide bonds. The number of methoxy groups -OCH3 is 1. The fourth-order valence-corrected chi connectivity index (χ4v) is 3.73. The summed E-state index contributed by atoms with van der Waals surface area (Å²) in [5, 5.41) is 3.22. The number of hydrogen-bond acceptors (Lipinski definition) is 5. The Balaban J connectivity index is 2.10. The maximum Gasteiger partial charge on any atom is 0.0945 e. The maximum atomic E-state index is 5.85. The molecule has 0 aromatic carbocycles. The van der Waals surface area contributed by atoms with E-state index in [1.165, 1.54) is 19.3 Å². The van der Waals surface area contributed by atoms with Gasteiger partial charge in [0.1, 0.15) is 0 Å². The van der Waals surface area contributed by atoms with Gasteiger partial charge in [0, 0.05) is 24.6 Å². The van der Waals surface area contributed by atoms with Crippen molar-refractivity contribution in [1.29, 1.82) is 0 Å². The van der Waals surface area contributed by atoms with Crippen LogP contribution in [-0.2, 0) is 11.2 Å². The minimum atomic E-state index is -0.118. The second-order valence-electron chi connectivity index (χ2n) is 5.14. The summed E-state index contributed by atoms with van der Waals surface area (Å²) in [6.07, 6.45) is 6.78. The standard InChI is InChI=1S/C13H23N3OS/c1-10-9-18-12(15-10)8-11(16-14)13(17-2)6-4-3-5-7-13/h9,11,16H,3-8,14H2,1-2H3. The zero-order chi connectivity index (χ0) is 13.0. The molecular formula is C13H23N3OS. The van der Waals surface area contributed by atoms with Crippen LogP contribution in [0.2, 0.25) is 0 Å². The second kappa shape index (κ2) is 6.10. The lowest BCUT2D eigenvalue weighted by Crippen LogP contribution is -2.56. The highest BCUT2D eigenvalue weighted by molar-refractivity contribution is 7.09. The molecule has 1 saturated carbocycles. The van der Waals surface area contributed by atoms with Crippen molar-refractivity contribution < 1.29 is 4.74 Å². The Morgan fingerprint density at radius 2 is 2.22 bits per heavy atom. The van der Waals surface area contributed by atoms with Crippen LogP contribution in [0, 0.1) is 6.92 Å². The third kappa shape index (κ3) is 2.91. The van der Waals surface area contributed by atoms with Crippen LogP contribution in [0.5, 0.6) is 0 Å². The molecule has 18 heavy (non-hydrogen) atoms. The first-order chi connectivity index (χ1) is 8.70. The molecule has 0 bridgehead atoms. The van der Waals surface area contributed by atoms with Gasteiger partial charge in [0.25, 0.3) is 0 Å². The van der Waals surface area contributed by atoms with Crippen molar-refractivity contribution >= 4 is 11.3 Å². The summed E-state index contributed by atoms with van der Waals surface area (Å²) in [5.41, 5.74) is 3.93. The predicted molar refractivity (Wildman–Crippen MR) is 74.5 cm³/mol. The van der Waals surface area contributed by atoms with E-state index in [-0.39, 0.29) is 11.6 Å². The highest BCUT2D eigenvalue weighted by atomic mass is 32.1. The third-order valence-electron chi connectivity index (χ3n) is 3.99. The van der Waals surface area contributed by atoms with E-state index < -0.39 is 0 Å². The quantitative estimate of drug-likeness (QED) is 0.635. The topological polar surface area (TPSA) is 60.2 Å². The van der Waals surface area contributed by atoms with E-state index in [0.717, 1.165) is 30.0 Å². The van der Waals surface area contributed by atoms with E-state index in [1.54, 1.807) is 11.3 Å². The summed E-state index contributed by atoms with van der Waals surface area (Å²) in [5.74, 6) is 5.77. The van der Waals surface area contributed by atoms with Crippen molar-refractivity contribution in [3.05, 3.63) is 16.1 Å². The minimum absolute atomic E-state index is 0.118. The number of nitrogens with zero attached hydrogens (tertiary/aromatic N) is 1. The molecule has 1 fully saturated rings. The molecule has 1 unspecified atom stereocenters. The van der Waals surface area contributed by atoms with Gasteiger partial charge in [0.2, 0.25) is 0 Å². The Morgan fingerprint density at radius 1 is 1.50 bits per heavy atom. The van der Waals surface area contributed by atoms with Gasteiger partial charge in [-0.25, -0.2) is 4.98 Å². The normalized spacial score (nSPS) is 20.8. The average Bonchev–Trinajstić information content (AvgIpc) is 2.82. The smallest absolute Gasteiger partial charge is 0.0945 e. The second-order valence-corrected chi connectivity index (χ2v) is 6.08. The van der Waals surface area contributed by atoms with Gasteiger partial charge >= 0.3 is 0 Å². The summed E-state index contributed by atoms with van der Waals surface area (Å²) in [4.78, 5) is 4.53. The summed E-state index contributed by atoms with van der Waals surface area (Å²) >= 11 is 1.70. The van der Waals surface area contributed by atoms with Gasteiger partial charge < -0.3 is 4.74 Å². The molecule has 0 spiro atoms.